The van der Waals surface area contributed by atoms with Crippen molar-refractivity contribution in [3.05, 3.63) is 53.3 Å². The summed E-state index contributed by atoms with van der Waals surface area (Å²) in [6.07, 6.45) is 5.75. The number of allylic oxidation sites excluding steroid dienone is 4. The van der Waals surface area contributed by atoms with Gasteiger partial charge in [-0.3, -0.25) is 0 Å². The first-order valence-electron chi connectivity index (χ1n) is 8.58. The van der Waals surface area contributed by atoms with E-state index in [0.29, 0.717) is 5.75 Å². The van der Waals surface area contributed by atoms with Gasteiger partial charge in [0.1, 0.15) is 11.5 Å². The molecule has 0 aromatic heterocycles. The number of benzene rings is 1. The van der Waals surface area contributed by atoms with Gasteiger partial charge in [-0.15, -0.1) is 0 Å². The highest BCUT2D eigenvalue weighted by molar-refractivity contribution is 5.31. The van der Waals surface area contributed by atoms with Crippen LogP contribution in [0.2, 0.25) is 0 Å². The van der Waals surface area contributed by atoms with Crippen LogP contribution in [0.4, 0.5) is 0 Å². The molecule has 1 atom stereocenters. The molecule has 0 aliphatic heterocycles. The van der Waals surface area contributed by atoms with Crippen molar-refractivity contribution in [1.29, 1.82) is 0 Å². The highest BCUT2D eigenvalue weighted by Gasteiger charge is 2.21. The van der Waals surface area contributed by atoms with Gasteiger partial charge >= 0.3 is 6.48 Å². The molecule has 1 aliphatic carbocycles. The van der Waals surface area contributed by atoms with E-state index in [4.69, 9.17) is 9.47 Å². The molecular formula is C21H30O3. The van der Waals surface area contributed by atoms with E-state index in [0.717, 1.165) is 18.6 Å². The third-order valence-electron chi connectivity index (χ3n) is 4.28. The highest BCUT2D eigenvalue weighted by Crippen LogP contribution is 2.33. The number of aliphatic hydroxyl groups is 1. The zero-order valence-electron chi connectivity index (χ0n) is 15.7. The first-order valence-corrected chi connectivity index (χ1v) is 8.58. The fourth-order valence-electron chi connectivity index (χ4n) is 2.64. The van der Waals surface area contributed by atoms with Crippen LogP contribution in [0.25, 0.3) is 0 Å². The zero-order chi connectivity index (χ0) is 18.0. The van der Waals surface area contributed by atoms with Crippen molar-refractivity contribution < 1.29 is 14.6 Å². The van der Waals surface area contributed by atoms with E-state index in [1.165, 1.54) is 11.1 Å². The average Bonchev–Trinajstić information content (AvgIpc) is 2.46. The predicted octanol–water partition coefficient (Wildman–Crippen LogP) is 5.31. The number of hydrogen-bond acceptors (Lipinski definition) is 3. The third kappa shape index (κ3) is 5.13. The molecule has 1 N–H and O–H groups in total. The Bertz CT molecular complexity index is 610. The molecule has 1 unspecified atom stereocenters. The number of aliphatic hydroxyl groups excluding tert-OH is 1. The van der Waals surface area contributed by atoms with Gasteiger partial charge < -0.3 is 14.6 Å². The van der Waals surface area contributed by atoms with E-state index in [2.05, 4.69) is 47.6 Å². The highest BCUT2D eigenvalue weighted by atomic mass is 16.8. The molecule has 0 fully saturated rings. The second-order valence-electron chi connectivity index (χ2n) is 8.39. The molecule has 0 spiro atoms. The van der Waals surface area contributed by atoms with Gasteiger partial charge in [-0.05, 0) is 41.0 Å². The standard InChI is InChI=1S/C21H30O3/c1-20(2,3)15-7-11-17(12-8-15)23-19(22)24-18-13-9-16(10-14-18)21(4,5)6/h7-9,11-13,19,22H,10,14H2,1-6H3. The van der Waals surface area contributed by atoms with Gasteiger partial charge in [0.15, 0.2) is 0 Å². The lowest BCUT2D eigenvalue weighted by atomic mass is 9.82. The van der Waals surface area contributed by atoms with Crippen molar-refractivity contribution in [3.63, 3.8) is 0 Å². The summed E-state index contributed by atoms with van der Waals surface area (Å²) in [7, 11) is 0. The molecule has 0 amide bonds. The largest absolute Gasteiger partial charge is 0.437 e. The van der Waals surface area contributed by atoms with Gasteiger partial charge in [0, 0.05) is 6.42 Å². The average molecular weight is 330 g/mol. The van der Waals surface area contributed by atoms with Gasteiger partial charge in [-0.25, -0.2) is 0 Å². The molecule has 1 aromatic rings. The fraction of sp³-hybridized carbons (Fsp3) is 0.524. The summed E-state index contributed by atoms with van der Waals surface area (Å²) in [4.78, 5) is 0. The summed E-state index contributed by atoms with van der Waals surface area (Å²) in [6.45, 7) is 11.8. The first kappa shape index (κ1) is 18.6. The van der Waals surface area contributed by atoms with Crippen LogP contribution in [-0.4, -0.2) is 11.6 Å². The van der Waals surface area contributed by atoms with Gasteiger partial charge in [0.2, 0.25) is 0 Å². The quantitative estimate of drug-likeness (QED) is 0.761. The zero-order valence-corrected chi connectivity index (χ0v) is 15.7. The smallest absolute Gasteiger partial charge is 0.358 e. The van der Waals surface area contributed by atoms with Crippen LogP contribution in [0.15, 0.2) is 47.7 Å². The van der Waals surface area contributed by atoms with Crippen molar-refractivity contribution in [2.24, 2.45) is 5.41 Å². The van der Waals surface area contributed by atoms with Gasteiger partial charge in [-0.1, -0.05) is 65.3 Å². The Morgan fingerprint density at radius 1 is 0.833 bits per heavy atom. The second kappa shape index (κ2) is 7.02. The molecular weight excluding hydrogens is 300 g/mol. The van der Waals surface area contributed by atoms with E-state index in [-0.39, 0.29) is 10.8 Å². The topological polar surface area (TPSA) is 38.7 Å². The maximum atomic E-state index is 10.0. The summed E-state index contributed by atoms with van der Waals surface area (Å²) in [5, 5.41) is 10.0. The van der Waals surface area contributed by atoms with Crippen molar-refractivity contribution in [1.82, 2.24) is 0 Å². The lowest BCUT2D eigenvalue weighted by Crippen LogP contribution is -2.21. The number of hydrogen-bond donors (Lipinski definition) is 1. The lowest BCUT2D eigenvalue weighted by Gasteiger charge is -2.26. The second-order valence-corrected chi connectivity index (χ2v) is 8.39. The molecule has 0 bridgehead atoms. The Balaban J connectivity index is 1.93. The van der Waals surface area contributed by atoms with Gasteiger partial charge in [-0.2, -0.15) is 0 Å². The summed E-state index contributed by atoms with van der Waals surface area (Å²) >= 11 is 0. The van der Waals surface area contributed by atoms with E-state index in [1.807, 2.05) is 30.3 Å². The fourth-order valence-corrected chi connectivity index (χ4v) is 2.64. The molecule has 24 heavy (non-hydrogen) atoms. The molecule has 132 valence electrons. The van der Waals surface area contributed by atoms with Crippen LogP contribution in [0.3, 0.4) is 0 Å². The summed E-state index contributed by atoms with van der Waals surface area (Å²) in [5.41, 5.74) is 2.88. The van der Waals surface area contributed by atoms with Crippen LogP contribution < -0.4 is 4.74 Å². The van der Waals surface area contributed by atoms with Crippen LogP contribution in [0.1, 0.15) is 59.9 Å². The lowest BCUT2D eigenvalue weighted by molar-refractivity contribution is -0.195. The molecule has 0 radical (unpaired) electrons. The summed E-state index contributed by atoms with van der Waals surface area (Å²) in [6, 6.07) is 7.75. The Labute approximate surface area is 146 Å². The third-order valence-corrected chi connectivity index (χ3v) is 4.28. The molecule has 1 aromatic carbocycles. The maximum absolute atomic E-state index is 10.0. The number of rotatable bonds is 4. The minimum atomic E-state index is -1.29. The molecule has 0 saturated carbocycles. The van der Waals surface area contributed by atoms with Crippen LogP contribution in [0, 0.1) is 5.41 Å². The number of ether oxygens (including phenoxy) is 2. The van der Waals surface area contributed by atoms with Crippen LogP contribution in [0.5, 0.6) is 5.75 Å². The van der Waals surface area contributed by atoms with Crippen LogP contribution >= 0.6 is 0 Å². The predicted molar refractivity (Wildman–Crippen MR) is 97.7 cm³/mol. The van der Waals surface area contributed by atoms with Crippen molar-refractivity contribution in [2.75, 3.05) is 0 Å². The Morgan fingerprint density at radius 3 is 1.92 bits per heavy atom. The van der Waals surface area contributed by atoms with E-state index in [9.17, 15) is 5.11 Å². The molecule has 2 rings (SSSR count). The monoisotopic (exact) mass is 330 g/mol. The normalized spacial score (nSPS) is 17.0. The summed E-state index contributed by atoms with van der Waals surface area (Å²) < 4.78 is 11.0. The molecule has 1 aliphatic rings. The van der Waals surface area contributed by atoms with Gasteiger partial charge in [0.05, 0.1) is 0 Å². The van der Waals surface area contributed by atoms with Gasteiger partial charge in [0.25, 0.3) is 0 Å². The molecule has 0 saturated heterocycles. The van der Waals surface area contributed by atoms with Crippen molar-refractivity contribution in [2.45, 2.75) is 66.3 Å². The van der Waals surface area contributed by atoms with E-state index >= 15 is 0 Å². The first-order chi connectivity index (χ1) is 11.1. The van der Waals surface area contributed by atoms with E-state index < -0.39 is 6.48 Å². The SMILES string of the molecule is CC(C)(C)C1=CC=C(OC(O)Oc2ccc(C(C)(C)C)cc2)CC1. The molecule has 3 nitrogen and oxygen atoms in total. The summed E-state index contributed by atoms with van der Waals surface area (Å²) in [5.74, 6) is 1.35. The van der Waals surface area contributed by atoms with E-state index in [1.54, 1.807) is 0 Å². The minimum absolute atomic E-state index is 0.0949. The van der Waals surface area contributed by atoms with Crippen molar-refractivity contribution >= 4 is 0 Å². The Morgan fingerprint density at radius 2 is 1.46 bits per heavy atom. The van der Waals surface area contributed by atoms with Crippen LogP contribution in [-0.2, 0) is 10.2 Å². The Hall–Kier alpha value is -1.74. The Kier molecular flexibility index (Phi) is 5.44. The minimum Gasteiger partial charge on any atom is -0.437 e. The molecule has 0 heterocycles. The van der Waals surface area contributed by atoms with Crippen molar-refractivity contribution in [3.8, 4) is 5.75 Å². The maximum Gasteiger partial charge on any atom is 0.358 e. The molecule has 3 heteroatoms.